The van der Waals surface area contributed by atoms with Crippen LogP contribution >= 0.6 is 11.6 Å². The van der Waals surface area contributed by atoms with Gasteiger partial charge in [0, 0.05) is 54.0 Å². The molecule has 2 aliphatic carbocycles. The molecule has 2 aromatic rings. The van der Waals surface area contributed by atoms with E-state index in [-0.39, 0.29) is 22.5 Å². The third-order valence-electron chi connectivity index (χ3n) is 13.5. The van der Waals surface area contributed by atoms with E-state index in [4.69, 9.17) is 21.1 Å². The topological polar surface area (TPSA) is 74.4 Å². The third-order valence-corrected chi connectivity index (χ3v) is 15.9. The van der Waals surface area contributed by atoms with E-state index < -0.39 is 15.3 Å². The maximum absolute atomic E-state index is 14.0. The number of hydrogen-bond donors (Lipinski definition) is 1. The average molecular weight is 751 g/mol. The molecule has 1 saturated carbocycles. The fourth-order valence-electron chi connectivity index (χ4n) is 9.85. The van der Waals surface area contributed by atoms with Crippen molar-refractivity contribution in [3.63, 3.8) is 0 Å². The number of piperidine rings is 1. The summed E-state index contributed by atoms with van der Waals surface area (Å²) >= 11 is 6.52. The predicted molar refractivity (Wildman–Crippen MR) is 214 cm³/mol. The van der Waals surface area contributed by atoms with Gasteiger partial charge in [0.05, 0.1) is 22.0 Å². The quantitative estimate of drug-likeness (QED) is 0.279. The lowest BCUT2D eigenvalue weighted by molar-refractivity contribution is -0.0947. The number of hydrogen-bond acceptors (Lipinski definition) is 7. The summed E-state index contributed by atoms with van der Waals surface area (Å²) in [6, 6.07) is 12.7. The number of ether oxygens (including phenoxy) is 2. The zero-order valence-electron chi connectivity index (χ0n) is 31.9. The van der Waals surface area contributed by atoms with Gasteiger partial charge in [0.15, 0.2) is 0 Å². The van der Waals surface area contributed by atoms with Gasteiger partial charge in [-0.3, -0.25) is 9.52 Å². The van der Waals surface area contributed by atoms with Crippen LogP contribution in [0.25, 0.3) is 0 Å². The molecule has 3 heterocycles. The van der Waals surface area contributed by atoms with Crippen LogP contribution in [0, 0.1) is 17.8 Å². The molecule has 52 heavy (non-hydrogen) atoms. The summed E-state index contributed by atoms with van der Waals surface area (Å²) in [4.78, 5) is 21.3. The Morgan fingerprint density at radius 2 is 1.90 bits per heavy atom. The van der Waals surface area contributed by atoms with Crippen molar-refractivity contribution in [1.82, 2.24) is 14.5 Å². The Kier molecular flexibility index (Phi) is 10.8. The Bertz CT molecular complexity index is 1770. The number of nitrogens with one attached hydrogen (secondary N) is 1. The molecule has 2 fully saturated rings. The number of methoxy groups -OCH3 is 1. The Morgan fingerprint density at radius 3 is 2.62 bits per heavy atom. The number of anilines is 1. The van der Waals surface area contributed by atoms with Crippen LogP contribution in [0.2, 0.25) is 5.02 Å². The van der Waals surface area contributed by atoms with Crippen molar-refractivity contribution >= 4 is 38.8 Å². The van der Waals surface area contributed by atoms with Gasteiger partial charge in [0.25, 0.3) is 5.91 Å². The molecule has 1 spiro atoms. The van der Waals surface area contributed by atoms with E-state index in [0.29, 0.717) is 30.0 Å². The average Bonchev–Trinajstić information content (AvgIpc) is 3.25. The molecule has 7 rings (SSSR count). The number of carbonyl (C=O) groups is 1. The first-order chi connectivity index (χ1) is 24.8. The lowest BCUT2D eigenvalue weighted by Crippen LogP contribution is -2.58. The fourth-order valence-corrected chi connectivity index (χ4v) is 11.5. The van der Waals surface area contributed by atoms with Crippen molar-refractivity contribution in [3.05, 3.63) is 70.3 Å². The number of amides is 1. The summed E-state index contributed by atoms with van der Waals surface area (Å²) in [7, 11) is 3.34. The zero-order chi connectivity index (χ0) is 36.8. The van der Waals surface area contributed by atoms with Crippen LogP contribution in [-0.2, 0) is 26.3 Å². The summed E-state index contributed by atoms with van der Waals surface area (Å²) in [5.41, 5.74) is 3.35. The van der Waals surface area contributed by atoms with E-state index in [2.05, 4.69) is 70.6 Å². The van der Waals surface area contributed by atoms with Crippen LogP contribution in [0.3, 0.4) is 0 Å². The van der Waals surface area contributed by atoms with Gasteiger partial charge >= 0.3 is 0 Å². The molecule has 284 valence electrons. The number of likely N-dealkylation sites (tertiary alicyclic amines) is 1. The molecule has 0 radical (unpaired) electrons. The number of rotatable bonds is 4. The Balaban J connectivity index is 1.29. The molecule has 1 saturated heterocycles. The molecule has 1 N–H and O–H groups in total. The van der Waals surface area contributed by atoms with Gasteiger partial charge in [-0.2, -0.15) is 0 Å². The highest BCUT2D eigenvalue weighted by atomic mass is 35.5. The van der Waals surface area contributed by atoms with Crippen LogP contribution in [-0.4, -0.2) is 103 Å². The molecule has 1 amide bonds. The monoisotopic (exact) mass is 750 g/mol. The predicted octanol–water partition coefficient (Wildman–Crippen LogP) is 6.60. The second-order valence-corrected chi connectivity index (χ2v) is 19.7. The van der Waals surface area contributed by atoms with Crippen LogP contribution in [0.15, 0.2) is 48.6 Å². The van der Waals surface area contributed by atoms with Gasteiger partial charge in [-0.05, 0) is 151 Å². The normalized spacial score (nSPS) is 35.1. The number of nitrogens with zero attached hydrogens (tertiary/aromatic N) is 3. The number of benzene rings is 2. The molecule has 0 aromatic heterocycles. The molecule has 5 aliphatic rings. The van der Waals surface area contributed by atoms with Gasteiger partial charge < -0.3 is 24.2 Å². The lowest BCUT2D eigenvalue weighted by atomic mass is 9.63. The highest BCUT2D eigenvalue weighted by Crippen LogP contribution is 2.49. The number of aryl methyl sites for hydroxylation is 1. The minimum absolute atomic E-state index is 0.0393. The van der Waals surface area contributed by atoms with Crippen molar-refractivity contribution in [2.45, 2.75) is 87.5 Å². The van der Waals surface area contributed by atoms with Crippen molar-refractivity contribution in [2.75, 3.05) is 65.4 Å². The minimum Gasteiger partial charge on any atom is -0.490 e. The molecule has 10 heteroatoms. The maximum atomic E-state index is 14.0. The van der Waals surface area contributed by atoms with Crippen molar-refractivity contribution in [2.24, 2.45) is 17.8 Å². The van der Waals surface area contributed by atoms with E-state index in [1.165, 1.54) is 11.1 Å². The fraction of sp³-hybridized carbons (Fsp3) is 0.619. The lowest BCUT2D eigenvalue weighted by Gasteiger charge is -2.52. The van der Waals surface area contributed by atoms with E-state index in [9.17, 15) is 9.00 Å². The molecule has 7 atom stereocenters. The second kappa shape index (κ2) is 14.9. The summed E-state index contributed by atoms with van der Waals surface area (Å²) < 4.78 is 30.4. The van der Waals surface area contributed by atoms with Gasteiger partial charge in [0.2, 0.25) is 0 Å². The first kappa shape index (κ1) is 37.7. The zero-order valence-corrected chi connectivity index (χ0v) is 33.4. The first-order valence-electron chi connectivity index (χ1n) is 19.4. The summed E-state index contributed by atoms with van der Waals surface area (Å²) in [5, 5.41) is 0.445. The SMILES string of the molecule is C=S1(=O)NC(=O)c2ccc3c(c2)N(C[C@@H]2CC[C@H]2[C@@](CN2CCC(N(C)C)CC2)(OC)/C=C/C[C@H](C)[C@H]1C)C[C@@]1(CCCc2cc(Cl)ccc21)CO3. The number of carbonyl (C=O) groups excluding carboxylic acids is 1. The number of fused-ring (bicyclic) bond motifs is 4. The smallest absolute Gasteiger partial charge is 0.262 e. The number of halogens is 1. The summed E-state index contributed by atoms with van der Waals surface area (Å²) in [6.45, 7) is 9.18. The van der Waals surface area contributed by atoms with E-state index in [1.54, 1.807) is 6.07 Å². The Hall–Kier alpha value is -2.56. The second-order valence-electron chi connectivity index (χ2n) is 16.8. The van der Waals surface area contributed by atoms with Crippen molar-refractivity contribution in [3.8, 4) is 5.75 Å². The van der Waals surface area contributed by atoms with Gasteiger partial charge in [-0.1, -0.05) is 36.7 Å². The van der Waals surface area contributed by atoms with Crippen LogP contribution in [0.1, 0.15) is 80.3 Å². The molecule has 2 aromatic carbocycles. The highest BCUT2D eigenvalue weighted by molar-refractivity contribution is 7.99. The summed E-state index contributed by atoms with van der Waals surface area (Å²) in [6.07, 6.45) is 13.0. The first-order valence-corrected chi connectivity index (χ1v) is 21.6. The van der Waals surface area contributed by atoms with Gasteiger partial charge in [0.1, 0.15) is 11.4 Å². The molecule has 8 nitrogen and oxygen atoms in total. The standard InChI is InChI=1S/C42H59ClN4O4S/c1-29-9-7-20-42(50-5,27-46-21-17-35(18-22-46)45(3)4)37-14-11-33(37)25-47-26-41(19-8-10-31-23-34(43)13-15-36(31)41)28-51-39-16-12-32(24-38(39)47)40(48)44-52(6,49)30(29)2/h7,12-13,15-16,20,23-24,29-30,33,35,37H,6,8-11,14,17-19,21-22,25-28H2,1-5H3,(H,44,48,49)/b20-7+/t29-,30+,33-,37+,41-,42+,52?/m0/s1. The van der Waals surface area contributed by atoms with Crippen LogP contribution < -0.4 is 14.4 Å². The number of allylic oxidation sites excluding steroid dienone is 1. The van der Waals surface area contributed by atoms with Crippen molar-refractivity contribution < 1.29 is 18.5 Å². The van der Waals surface area contributed by atoms with E-state index in [1.807, 2.05) is 32.2 Å². The Morgan fingerprint density at radius 1 is 1.12 bits per heavy atom. The van der Waals surface area contributed by atoms with E-state index >= 15 is 0 Å². The highest BCUT2D eigenvalue weighted by Gasteiger charge is 2.50. The Labute approximate surface area is 317 Å². The van der Waals surface area contributed by atoms with Gasteiger partial charge in [-0.15, -0.1) is 0 Å². The largest absolute Gasteiger partial charge is 0.490 e. The van der Waals surface area contributed by atoms with E-state index in [0.717, 1.165) is 101 Å². The third kappa shape index (κ3) is 7.29. The molecular weight excluding hydrogens is 692 g/mol. The maximum Gasteiger partial charge on any atom is 0.262 e. The minimum atomic E-state index is -2.95. The molecular formula is C42H59ClN4O4S. The van der Waals surface area contributed by atoms with Gasteiger partial charge in [-0.25, -0.2) is 4.21 Å². The van der Waals surface area contributed by atoms with Crippen molar-refractivity contribution in [1.29, 1.82) is 0 Å². The summed E-state index contributed by atoms with van der Waals surface area (Å²) in [5.74, 6) is 5.25. The molecule has 2 bridgehead atoms. The van der Waals surface area contributed by atoms with Crippen LogP contribution in [0.4, 0.5) is 5.69 Å². The van der Waals surface area contributed by atoms with Crippen LogP contribution in [0.5, 0.6) is 5.75 Å². The molecule has 3 aliphatic heterocycles. The molecule has 1 unspecified atom stereocenters.